The number of hydrogen-bond donors (Lipinski definition) is 1. The van der Waals surface area contributed by atoms with E-state index in [0.29, 0.717) is 17.1 Å². The molecule has 0 saturated heterocycles. The van der Waals surface area contributed by atoms with Gasteiger partial charge in [0.15, 0.2) is 6.61 Å². The smallest absolute Gasteiger partial charge is 0.338 e. The fraction of sp³-hybridized carbons (Fsp3) is 0.143. The highest BCUT2D eigenvalue weighted by atomic mass is 16.5. The lowest BCUT2D eigenvalue weighted by molar-refractivity contribution is -0.119. The molecule has 1 N–H and O–H groups in total. The van der Waals surface area contributed by atoms with Crippen LogP contribution in [0.3, 0.4) is 0 Å². The van der Waals surface area contributed by atoms with Crippen molar-refractivity contribution in [2.75, 3.05) is 11.9 Å². The maximum Gasteiger partial charge on any atom is 0.338 e. The summed E-state index contributed by atoms with van der Waals surface area (Å²) in [7, 11) is 1.72. The SMILES string of the molecule is Cc1c(NC(=O)COC(=O)c2ccc(-n3cnnn3)cc2)c(=O)n(-c2ccccc2)n1C. The fourth-order valence-corrected chi connectivity index (χ4v) is 3.13. The molecule has 11 heteroatoms. The van der Waals surface area contributed by atoms with Gasteiger partial charge >= 0.3 is 5.97 Å². The summed E-state index contributed by atoms with van der Waals surface area (Å²) in [6.07, 6.45) is 1.43. The van der Waals surface area contributed by atoms with Crippen LogP contribution < -0.4 is 10.9 Å². The Hall–Kier alpha value is -4.54. The van der Waals surface area contributed by atoms with Crippen molar-refractivity contribution in [3.63, 3.8) is 0 Å². The number of aromatic nitrogens is 6. The van der Waals surface area contributed by atoms with Crippen LogP contribution >= 0.6 is 0 Å². The van der Waals surface area contributed by atoms with Crippen molar-refractivity contribution in [3.05, 3.63) is 82.5 Å². The molecule has 1 amide bonds. The monoisotopic (exact) mass is 433 g/mol. The second kappa shape index (κ2) is 8.68. The first kappa shape index (κ1) is 20.7. The van der Waals surface area contributed by atoms with E-state index in [0.717, 1.165) is 0 Å². The number of hydrogen-bond acceptors (Lipinski definition) is 7. The number of benzene rings is 2. The van der Waals surface area contributed by atoms with Gasteiger partial charge in [0.2, 0.25) is 0 Å². The number of esters is 1. The molecule has 2 heterocycles. The Morgan fingerprint density at radius 3 is 2.41 bits per heavy atom. The van der Waals surface area contributed by atoms with Crippen LogP contribution in [0, 0.1) is 6.92 Å². The van der Waals surface area contributed by atoms with Crippen molar-refractivity contribution >= 4 is 17.6 Å². The number of tetrazole rings is 1. The highest BCUT2D eigenvalue weighted by molar-refractivity contribution is 5.95. The van der Waals surface area contributed by atoms with Gasteiger partial charge < -0.3 is 10.1 Å². The van der Waals surface area contributed by atoms with Crippen LogP contribution in [-0.2, 0) is 16.6 Å². The third-order valence-electron chi connectivity index (χ3n) is 4.87. The normalized spacial score (nSPS) is 10.7. The Balaban J connectivity index is 1.41. The molecule has 0 aliphatic rings. The highest BCUT2D eigenvalue weighted by Crippen LogP contribution is 2.14. The van der Waals surface area contributed by atoms with Crippen molar-refractivity contribution in [2.24, 2.45) is 7.05 Å². The van der Waals surface area contributed by atoms with Crippen LogP contribution in [0.2, 0.25) is 0 Å². The average molecular weight is 433 g/mol. The fourth-order valence-electron chi connectivity index (χ4n) is 3.13. The number of carbonyl (C=O) groups is 2. The van der Waals surface area contributed by atoms with Gasteiger partial charge in [0.05, 0.1) is 22.6 Å². The maximum atomic E-state index is 12.8. The third-order valence-corrected chi connectivity index (χ3v) is 4.87. The minimum atomic E-state index is -0.671. The number of nitrogens with zero attached hydrogens (tertiary/aromatic N) is 6. The summed E-state index contributed by atoms with van der Waals surface area (Å²) in [5.41, 5.74) is 1.91. The number of anilines is 1. The van der Waals surface area contributed by atoms with Crippen molar-refractivity contribution in [1.82, 2.24) is 29.6 Å². The topological polar surface area (TPSA) is 126 Å². The molecular formula is C21H19N7O4. The van der Waals surface area contributed by atoms with Gasteiger partial charge in [-0.05, 0) is 53.7 Å². The first-order chi connectivity index (χ1) is 15.5. The molecule has 162 valence electrons. The van der Waals surface area contributed by atoms with Crippen LogP contribution in [0.25, 0.3) is 11.4 Å². The van der Waals surface area contributed by atoms with Crippen molar-refractivity contribution in [2.45, 2.75) is 6.92 Å². The van der Waals surface area contributed by atoms with E-state index in [-0.39, 0.29) is 16.8 Å². The zero-order chi connectivity index (χ0) is 22.7. The summed E-state index contributed by atoms with van der Waals surface area (Å²) in [5, 5.41) is 13.4. The molecule has 2 aromatic heterocycles. The summed E-state index contributed by atoms with van der Waals surface area (Å²) >= 11 is 0. The Bertz CT molecular complexity index is 1310. The number of ether oxygens (including phenoxy) is 1. The molecule has 0 radical (unpaired) electrons. The van der Waals surface area contributed by atoms with Crippen molar-refractivity contribution in [1.29, 1.82) is 0 Å². The zero-order valence-corrected chi connectivity index (χ0v) is 17.3. The lowest BCUT2D eigenvalue weighted by Crippen LogP contribution is -2.25. The lowest BCUT2D eigenvalue weighted by Gasteiger charge is -2.07. The Labute approximate surface area is 181 Å². The van der Waals surface area contributed by atoms with Crippen LogP contribution in [0.4, 0.5) is 5.69 Å². The molecule has 4 rings (SSSR count). The first-order valence-electron chi connectivity index (χ1n) is 9.60. The van der Waals surface area contributed by atoms with Gasteiger partial charge in [0.25, 0.3) is 11.5 Å². The van der Waals surface area contributed by atoms with Crippen LogP contribution in [-0.4, -0.2) is 48.1 Å². The van der Waals surface area contributed by atoms with Gasteiger partial charge in [-0.3, -0.25) is 14.3 Å². The molecule has 0 aliphatic carbocycles. The number of rotatable bonds is 6. The van der Waals surface area contributed by atoms with Gasteiger partial charge in [-0.2, -0.15) is 0 Å². The third kappa shape index (κ3) is 4.03. The summed E-state index contributed by atoms with van der Waals surface area (Å²) in [4.78, 5) is 37.4. The molecule has 0 unspecified atom stereocenters. The van der Waals surface area contributed by atoms with E-state index in [4.69, 9.17) is 4.74 Å². The summed E-state index contributed by atoms with van der Waals surface area (Å²) in [5.74, 6) is -1.29. The largest absolute Gasteiger partial charge is 0.452 e. The summed E-state index contributed by atoms with van der Waals surface area (Å²) in [6.45, 7) is 1.18. The van der Waals surface area contributed by atoms with Crippen LogP contribution in [0.1, 0.15) is 16.1 Å². The molecule has 0 bridgehead atoms. The average Bonchev–Trinajstić information content (AvgIpc) is 3.42. The zero-order valence-electron chi connectivity index (χ0n) is 17.3. The highest BCUT2D eigenvalue weighted by Gasteiger charge is 2.19. The predicted octanol–water partition coefficient (Wildman–Crippen LogP) is 1.26. The standard InChI is InChI=1S/C21H19N7O4/c1-14-19(20(30)28(26(14)2)17-6-4-3-5-7-17)23-18(29)12-32-21(31)15-8-10-16(11-9-15)27-13-22-24-25-27/h3-11,13H,12H2,1-2H3,(H,23,29). The maximum absolute atomic E-state index is 12.8. The van der Waals surface area contributed by atoms with Crippen LogP contribution in [0.5, 0.6) is 0 Å². The first-order valence-corrected chi connectivity index (χ1v) is 9.60. The molecule has 11 nitrogen and oxygen atoms in total. The van der Waals surface area contributed by atoms with E-state index in [1.54, 1.807) is 42.9 Å². The Morgan fingerprint density at radius 1 is 1.03 bits per heavy atom. The molecule has 0 spiro atoms. The van der Waals surface area contributed by atoms with E-state index < -0.39 is 18.5 Å². The number of nitrogens with one attached hydrogen (secondary N) is 1. The van der Waals surface area contributed by atoms with Gasteiger partial charge in [0.1, 0.15) is 12.0 Å². The molecule has 0 saturated carbocycles. The number of amides is 1. The molecular weight excluding hydrogens is 414 g/mol. The van der Waals surface area contributed by atoms with Crippen molar-refractivity contribution in [3.8, 4) is 11.4 Å². The minimum absolute atomic E-state index is 0.128. The van der Waals surface area contributed by atoms with E-state index in [1.807, 2.05) is 18.2 Å². The predicted molar refractivity (Wildman–Crippen MR) is 114 cm³/mol. The van der Waals surface area contributed by atoms with Gasteiger partial charge in [-0.15, -0.1) is 5.10 Å². The summed E-state index contributed by atoms with van der Waals surface area (Å²) < 4.78 is 9.61. The van der Waals surface area contributed by atoms with E-state index in [9.17, 15) is 14.4 Å². The second-order valence-corrected chi connectivity index (χ2v) is 6.86. The van der Waals surface area contributed by atoms with Gasteiger partial charge in [0, 0.05) is 7.05 Å². The number of carbonyl (C=O) groups excluding carboxylic acids is 2. The molecule has 0 fully saturated rings. The molecule has 0 atom stereocenters. The molecule has 32 heavy (non-hydrogen) atoms. The Kier molecular flexibility index (Phi) is 5.62. The molecule has 4 aromatic rings. The van der Waals surface area contributed by atoms with Gasteiger partial charge in [-0.25, -0.2) is 14.2 Å². The summed E-state index contributed by atoms with van der Waals surface area (Å²) in [6, 6.07) is 15.4. The van der Waals surface area contributed by atoms with E-state index >= 15 is 0 Å². The molecule has 2 aromatic carbocycles. The van der Waals surface area contributed by atoms with E-state index in [2.05, 4.69) is 20.8 Å². The lowest BCUT2D eigenvalue weighted by atomic mass is 10.2. The van der Waals surface area contributed by atoms with Crippen LogP contribution in [0.15, 0.2) is 65.7 Å². The quantitative estimate of drug-likeness (QED) is 0.454. The molecule has 0 aliphatic heterocycles. The second-order valence-electron chi connectivity index (χ2n) is 6.86. The number of para-hydroxylation sites is 1. The van der Waals surface area contributed by atoms with Gasteiger partial charge in [-0.1, -0.05) is 18.2 Å². The van der Waals surface area contributed by atoms with E-state index in [1.165, 1.54) is 27.8 Å². The Morgan fingerprint density at radius 2 is 1.75 bits per heavy atom. The van der Waals surface area contributed by atoms with Crippen molar-refractivity contribution < 1.29 is 14.3 Å². The minimum Gasteiger partial charge on any atom is -0.452 e.